The normalized spacial score (nSPS) is 26.8. The van der Waals surface area contributed by atoms with Crippen molar-refractivity contribution in [2.45, 2.75) is 46.1 Å². The minimum absolute atomic E-state index is 0.164. The maximum absolute atomic E-state index is 9.78. The van der Waals surface area contributed by atoms with Crippen LogP contribution < -0.4 is 0 Å². The lowest BCUT2D eigenvalue weighted by atomic mass is 9.83. The first-order valence-corrected chi connectivity index (χ1v) is 5.59. The molecular weight excluding hydrogens is 176 g/mol. The maximum Gasteiger partial charge on any atom is 0.0647 e. The zero-order valence-corrected chi connectivity index (χ0v) is 9.45. The summed E-state index contributed by atoms with van der Waals surface area (Å²) in [5, 5.41) is 19.1. The Morgan fingerprint density at radius 3 is 2.64 bits per heavy atom. The lowest BCUT2D eigenvalue weighted by Crippen LogP contribution is -2.25. The Morgan fingerprint density at radius 2 is 2.14 bits per heavy atom. The molecule has 0 aromatic carbocycles. The standard InChI is InChI=1S/C12H22O2/c1-4-12(14)9(3)10-6-5-8(2)11(10)7-13/h9-10,12-14H,4-7H2,1-3H3/t9-,10+,12+/m0/s1. The summed E-state index contributed by atoms with van der Waals surface area (Å²) in [6, 6.07) is 0. The van der Waals surface area contributed by atoms with Gasteiger partial charge in [-0.05, 0) is 43.6 Å². The first-order chi connectivity index (χ1) is 6.61. The van der Waals surface area contributed by atoms with Gasteiger partial charge in [-0.15, -0.1) is 0 Å². The molecule has 3 atom stereocenters. The molecule has 0 spiro atoms. The summed E-state index contributed by atoms with van der Waals surface area (Å²) < 4.78 is 0. The fourth-order valence-electron chi connectivity index (χ4n) is 2.50. The number of rotatable bonds is 4. The minimum atomic E-state index is -0.229. The molecule has 1 aliphatic rings. The summed E-state index contributed by atoms with van der Waals surface area (Å²) >= 11 is 0. The largest absolute Gasteiger partial charge is 0.393 e. The van der Waals surface area contributed by atoms with Gasteiger partial charge in [-0.25, -0.2) is 0 Å². The van der Waals surface area contributed by atoms with Crippen LogP contribution in [0.15, 0.2) is 11.1 Å². The Balaban J connectivity index is 2.70. The molecule has 0 fully saturated rings. The first-order valence-electron chi connectivity index (χ1n) is 5.59. The zero-order chi connectivity index (χ0) is 10.7. The molecule has 2 heteroatoms. The number of aliphatic hydroxyl groups is 2. The van der Waals surface area contributed by atoms with Crippen LogP contribution in [-0.4, -0.2) is 22.9 Å². The molecule has 2 nitrogen and oxygen atoms in total. The van der Waals surface area contributed by atoms with E-state index in [-0.39, 0.29) is 18.6 Å². The van der Waals surface area contributed by atoms with Crippen LogP contribution in [0.4, 0.5) is 0 Å². The predicted octanol–water partition coefficient (Wildman–Crippen LogP) is 2.11. The zero-order valence-electron chi connectivity index (χ0n) is 9.45. The van der Waals surface area contributed by atoms with Crippen molar-refractivity contribution in [1.29, 1.82) is 0 Å². The van der Waals surface area contributed by atoms with Crippen LogP contribution in [0, 0.1) is 11.8 Å². The first kappa shape index (κ1) is 11.7. The fraction of sp³-hybridized carbons (Fsp3) is 0.833. The summed E-state index contributed by atoms with van der Waals surface area (Å²) in [5.74, 6) is 0.676. The van der Waals surface area contributed by atoms with Gasteiger partial charge in [-0.2, -0.15) is 0 Å². The number of allylic oxidation sites excluding steroid dienone is 1. The summed E-state index contributed by atoms with van der Waals surface area (Å²) in [6.07, 6.45) is 2.75. The van der Waals surface area contributed by atoms with E-state index in [4.69, 9.17) is 0 Å². The Bertz CT molecular complexity index is 220. The minimum Gasteiger partial charge on any atom is -0.393 e. The van der Waals surface area contributed by atoms with Crippen molar-refractivity contribution in [2.24, 2.45) is 11.8 Å². The van der Waals surface area contributed by atoms with Crippen molar-refractivity contribution in [3.8, 4) is 0 Å². The molecule has 0 amide bonds. The molecule has 0 bridgehead atoms. The van der Waals surface area contributed by atoms with E-state index in [2.05, 4.69) is 13.8 Å². The highest BCUT2D eigenvalue weighted by atomic mass is 16.3. The van der Waals surface area contributed by atoms with Crippen molar-refractivity contribution < 1.29 is 10.2 Å². The van der Waals surface area contributed by atoms with Crippen molar-refractivity contribution in [1.82, 2.24) is 0 Å². The van der Waals surface area contributed by atoms with Crippen LogP contribution >= 0.6 is 0 Å². The van der Waals surface area contributed by atoms with E-state index >= 15 is 0 Å². The van der Waals surface area contributed by atoms with Gasteiger partial charge in [0.05, 0.1) is 12.7 Å². The van der Waals surface area contributed by atoms with Gasteiger partial charge in [0.2, 0.25) is 0 Å². The molecule has 1 aliphatic carbocycles. The molecular formula is C12H22O2. The molecule has 0 aliphatic heterocycles. The molecule has 0 aromatic heterocycles. The molecule has 0 saturated heterocycles. The van der Waals surface area contributed by atoms with Gasteiger partial charge >= 0.3 is 0 Å². The molecule has 82 valence electrons. The van der Waals surface area contributed by atoms with Crippen LogP contribution in [0.25, 0.3) is 0 Å². The summed E-state index contributed by atoms with van der Waals surface area (Å²) in [4.78, 5) is 0. The average molecular weight is 198 g/mol. The van der Waals surface area contributed by atoms with E-state index < -0.39 is 0 Å². The summed E-state index contributed by atoms with van der Waals surface area (Å²) in [7, 11) is 0. The Kier molecular flexibility index (Phi) is 4.14. The topological polar surface area (TPSA) is 40.5 Å². The number of hydrogen-bond acceptors (Lipinski definition) is 2. The highest BCUT2D eigenvalue weighted by molar-refractivity contribution is 5.22. The van der Waals surface area contributed by atoms with Crippen LogP contribution in [0.1, 0.15) is 40.0 Å². The predicted molar refractivity (Wildman–Crippen MR) is 58.0 cm³/mol. The van der Waals surface area contributed by atoms with Gasteiger partial charge in [-0.3, -0.25) is 0 Å². The SMILES string of the molecule is CC[C@@H](O)[C@@H](C)[C@H]1CCC(C)=C1CO. The second kappa shape index (κ2) is 4.94. The third kappa shape index (κ3) is 2.18. The highest BCUT2D eigenvalue weighted by Crippen LogP contribution is 2.38. The van der Waals surface area contributed by atoms with E-state index in [0.717, 1.165) is 19.3 Å². The third-order valence-corrected chi connectivity index (χ3v) is 3.66. The molecule has 2 N–H and O–H groups in total. The molecule has 0 unspecified atom stereocenters. The second-order valence-electron chi connectivity index (χ2n) is 4.44. The second-order valence-corrected chi connectivity index (χ2v) is 4.44. The average Bonchev–Trinajstić information content (AvgIpc) is 2.57. The Hall–Kier alpha value is -0.340. The number of hydrogen-bond donors (Lipinski definition) is 2. The van der Waals surface area contributed by atoms with E-state index in [1.807, 2.05) is 6.92 Å². The fourth-order valence-corrected chi connectivity index (χ4v) is 2.50. The Labute approximate surface area is 86.6 Å². The van der Waals surface area contributed by atoms with Crippen molar-refractivity contribution >= 4 is 0 Å². The van der Waals surface area contributed by atoms with Crippen LogP contribution in [-0.2, 0) is 0 Å². The van der Waals surface area contributed by atoms with E-state index in [1.54, 1.807) is 0 Å². The van der Waals surface area contributed by atoms with Gasteiger partial charge in [0.1, 0.15) is 0 Å². The van der Waals surface area contributed by atoms with Gasteiger partial charge in [0.25, 0.3) is 0 Å². The molecule has 0 saturated carbocycles. The smallest absolute Gasteiger partial charge is 0.0647 e. The van der Waals surface area contributed by atoms with Crippen LogP contribution in [0.2, 0.25) is 0 Å². The van der Waals surface area contributed by atoms with E-state index in [1.165, 1.54) is 11.1 Å². The summed E-state index contributed by atoms with van der Waals surface area (Å²) in [6.45, 7) is 6.35. The third-order valence-electron chi connectivity index (χ3n) is 3.66. The maximum atomic E-state index is 9.78. The van der Waals surface area contributed by atoms with Gasteiger partial charge in [0, 0.05) is 0 Å². The van der Waals surface area contributed by atoms with Crippen LogP contribution in [0.3, 0.4) is 0 Å². The molecule has 0 aromatic rings. The van der Waals surface area contributed by atoms with Crippen molar-refractivity contribution in [3.05, 3.63) is 11.1 Å². The van der Waals surface area contributed by atoms with Gasteiger partial charge in [0.15, 0.2) is 0 Å². The van der Waals surface area contributed by atoms with Crippen molar-refractivity contribution in [3.63, 3.8) is 0 Å². The number of aliphatic hydroxyl groups excluding tert-OH is 2. The van der Waals surface area contributed by atoms with Gasteiger partial charge in [-0.1, -0.05) is 19.4 Å². The molecule has 1 rings (SSSR count). The monoisotopic (exact) mass is 198 g/mol. The summed E-state index contributed by atoms with van der Waals surface area (Å²) in [5.41, 5.74) is 2.50. The van der Waals surface area contributed by atoms with Crippen molar-refractivity contribution in [2.75, 3.05) is 6.61 Å². The Morgan fingerprint density at radius 1 is 1.50 bits per heavy atom. The quantitative estimate of drug-likeness (QED) is 0.679. The van der Waals surface area contributed by atoms with E-state index in [0.29, 0.717) is 5.92 Å². The molecule has 14 heavy (non-hydrogen) atoms. The molecule has 0 heterocycles. The molecule has 0 radical (unpaired) electrons. The lowest BCUT2D eigenvalue weighted by molar-refractivity contribution is 0.0853. The van der Waals surface area contributed by atoms with E-state index in [9.17, 15) is 10.2 Å². The van der Waals surface area contributed by atoms with Crippen LogP contribution in [0.5, 0.6) is 0 Å². The highest BCUT2D eigenvalue weighted by Gasteiger charge is 2.30. The lowest BCUT2D eigenvalue weighted by Gasteiger charge is -2.25. The van der Waals surface area contributed by atoms with Gasteiger partial charge < -0.3 is 10.2 Å².